The van der Waals surface area contributed by atoms with Crippen LogP contribution in [0.5, 0.6) is 0 Å². The third-order valence-electron chi connectivity index (χ3n) is 8.45. The van der Waals surface area contributed by atoms with Crippen molar-refractivity contribution in [3.63, 3.8) is 0 Å². The van der Waals surface area contributed by atoms with Gasteiger partial charge >= 0.3 is 0 Å². The van der Waals surface area contributed by atoms with Crippen molar-refractivity contribution in [1.82, 2.24) is 19.8 Å². The van der Waals surface area contributed by atoms with Crippen LogP contribution in [-0.4, -0.2) is 50.5 Å². The zero-order valence-electron chi connectivity index (χ0n) is 20.6. The zero-order valence-corrected chi connectivity index (χ0v) is 21.4. The number of nitrogens with one attached hydrogen (secondary N) is 1. The fourth-order valence-corrected chi connectivity index (χ4v) is 7.74. The van der Waals surface area contributed by atoms with Gasteiger partial charge in [-0.05, 0) is 56.7 Å². The highest BCUT2D eigenvalue weighted by Gasteiger charge is 2.40. The quantitative estimate of drug-likeness (QED) is 0.476. The number of hydrogen-bond donors (Lipinski definition) is 1. The normalized spacial score (nSPS) is 25.8. The molecule has 2 saturated heterocycles. The minimum atomic E-state index is 0.0928. The molecule has 6 heteroatoms. The first kappa shape index (κ1) is 23.1. The number of thioether (sulfide) groups is 1. The summed E-state index contributed by atoms with van der Waals surface area (Å²) in [4.78, 5) is 20.5. The van der Waals surface area contributed by atoms with Gasteiger partial charge in [-0.15, -0.1) is 0 Å². The highest BCUT2D eigenvalue weighted by Crippen LogP contribution is 2.40. The summed E-state index contributed by atoms with van der Waals surface area (Å²) in [5.41, 5.74) is 3.62. The Kier molecular flexibility index (Phi) is 6.59. The molecule has 2 bridgehead atoms. The second-order valence-electron chi connectivity index (χ2n) is 10.6. The highest BCUT2D eigenvalue weighted by atomic mass is 32.2. The molecule has 1 amide bonds. The first-order valence-corrected chi connectivity index (χ1v) is 14.4. The number of fused-ring (bicyclic) bond motifs is 3. The average molecular weight is 489 g/mol. The van der Waals surface area contributed by atoms with Gasteiger partial charge in [-0.2, -0.15) is 11.8 Å². The van der Waals surface area contributed by atoms with Crippen molar-refractivity contribution in [1.29, 1.82) is 0 Å². The maximum Gasteiger partial charge on any atom is 0.223 e. The Labute approximate surface area is 212 Å². The van der Waals surface area contributed by atoms with Gasteiger partial charge in [-0.1, -0.05) is 48.9 Å². The molecule has 184 valence electrons. The molecular weight excluding hydrogens is 452 g/mol. The van der Waals surface area contributed by atoms with Crippen molar-refractivity contribution in [3.05, 3.63) is 66.0 Å². The van der Waals surface area contributed by atoms with E-state index in [0.717, 1.165) is 37.1 Å². The maximum absolute atomic E-state index is 12.8. The Morgan fingerprint density at radius 3 is 2.46 bits per heavy atom. The largest absolute Gasteiger partial charge is 0.349 e. The zero-order chi connectivity index (χ0) is 23.8. The van der Waals surface area contributed by atoms with E-state index in [9.17, 15) is 4.79 Å². The molecule has 0 radical (unpaired) electrons. The molecular formula is C29H36N4OS. The number of benzene rings is 2. The van der Waals surface area contributed by atoms with Crippen molar-refractivity contribution in [2.45, 2.75) is 69.6 Å². The Morgan fingerprint density at radius 1 is 1.03 bits per heavy atom. The van der Waals surface area contributed by atoms with Crippen LogP contribution in [0.2, 0.25) is 0 Å². The molecule has 1 aliphatic carbocycles. The number of carbonyl (C=O) groups is 1. The van der Waals surface area contributed by atoms with Gasteiger partial charge in [0.2, 0.25) is 5.91 Å². The van der Waals surface area contributed by atoms with E-state index in [4.69, 9.17) is 4.98 Å². The standard InChI is InChI=1S/C29H36N4OS/c1-20-30-27-12-5-6-13-28(27)33(20)23-16-24-18-35-19-25(17-23)32(24)15-14-26(21-8-3-2-4-9-21)31-29(34)22-10-7-11-22/h2-6,8-9,12-13,22-26H,7,10-11,14-19H2,1H3,(H,31,34)/t23?,24?,25?,26-/m1/s1. The third-order valence-corrected chi connectivity index (χ3v) is 9.70. The van der Waals surface area contributed by atoms with E-state index < -0.39 is 0 Å². The van der Waals surface area contributed by atoms with Crippen LogP contribution < -0.4 is 5.32 Å². The van der Waals surface area contributed by atoms with Crippen LogP contribution in [0.3, 0.4) is 0 Å². The van der Waals surface area contributed by atoms with Gasteiger partial charge in [0.05, 0.1) is 17.1 Å². The van der Waals surface area contributed by atoms with E-state index in [1.54, 1.807) is 0 Å². The summed E-state index contributed by atoms with van der Waals surface area (Å²) < 4.78 is 2.51. The minimum absolute atomic E-state index is 0.0928. The lowest BCUT2D eigenvalue weighted by atomic mass is 9.84. The van der Waals surface area contributed by atoms with Crippen molar-refractivity contribution in [2.24, 2.45) is 5.92 Å². The molecule has 6 rings (SSSR count). The Balaban J connectivity index is 1.17. The van der Waals surface area contributed by atoms with Crippen molar-refractivity contribution in [2.75, 3.05) is 18.1 Å². The summed E-state index contributed by atoms with van der Waals surface area (Å²) in [6, 6.07) is 20.9. The molecule has 2 unspecified atom stereocenters. The summed E-state index contributed by atoms with van der Waals surface area (Å²) in [6.07, 6.45) is 6.60. The predicted molar refractivity (Wildman–Crippen MR) is 144 cm³/mol. The van der Waals surface area contributed by atoms with Gasteiger partial charge in [0, 0.05) is 42.1 Å². The topological polar surface area (TPSA) is 50.2 Å². The molecule has 3 heterocycles. The lowest BCUT2D eigenvalue weighted by Crippen LogP contribution is -2.55. The molecule has 3 aliphatic rings. The molecule has 2 aromatic carbocycles. The molecule has 0 spiro atoms. The van der Waals surface area contributed by atoms with Crippen LogP contribution in [0, 0.1) is 12.8 Å². The number of aromatic nitrogens is 2. The number of aryl methyl sites for hydroxylation is 1. The number of amides is 1. The van der Waals surface area contributed by atoms with Crippen LogP contribution in [-0.2, 0) is 4.79 Å². The number of carbonyl (C=O) groups excluding carboxylic acids is 1. The maximum atomic E-state index is 12.8. The monoisotopic (exact) mass is 488 g/mol. The van der Waals surface area contributed by atoms with Crippen LogP contribution in [0.15, 0.2) is 54.6 Å². The van der Waals surface area contributed by atoms with E-state index in [1.165, 1.54) is 41.8 Å². The smallest absolute Gasteiger partial charge is 0.223 e. The average Bonchev–Trinajstić information content (AvgIpc) is 3.16. The molecule has 2 aliphatic heterocycles. The SMILES string of the molecule is Cc1nc2ccccc2n1C1CC2CSCC(C1)N2CC[C@@H](NC(=O)C1CCC1)c1ccccc1. The summed E-state index contributed by atoms with van der Waals surface area (Å²) in [7, 11) is 0. The lowest BCUT2D eigenvalue weighted by Gasteiger charge is -2.49. The van der Waals surface area contributed by atoms with E-state index >= 15 is 0 Å². The van der Waals surface area contributed by atoms with Gasteiger partial charge in [-0.3, -0.25) is 9.69 Å². The van der Waals surface area contributed by atoms with E-state index in [0.29, 0.717) is 18.1 Å². The van der Waals surface area contributed by atoms with Crippen LogP contribution in [0.25, 0.3) is 11.0 Å². The summed E-state index contributed by atoms with van der Waals surface area (Å²) in [5, 5.41) is 3.42. The molecule has 3 fully saturated rings. The summed E-state index contributed by atoms with van der Waals surface area (Å²) in [5.74, 6) is 4.01. The molecule has 3 atom stereocenters. The number of rotatable bonds is 7. The first-order valence-electron chi connectivity index (χ1n) is 13.3. The number of nitrogens with zero attached hydrogens (tertiary/aromatic N) is 3. The molecule has 3 aromatic rings. The van der Waals surface area contributed by atoms with Gasteiger partial charge in [0.15, 0.2) is 0 Å². The van der Waals surface area contributed by atoms with Crippen molar-refractivity contribution >= 4 is 28.7 Å². The van der Waals surface area contributed by atoms with Crippen LogP contribution in [0.4, 0.5) is 0 Å². The van der Waals surface area contributed by atoms with Crippen molar-refractivity contribution in [3.8, 4) is 0 Å². The van der Waals surface area contributed by atoms with Gasteiger partial charge in [0.25, 0.3) is 0 Å². The van der Waals surface area contributed by atoms with E-state index in [2.05, 4.69) is 88.1 Å². The molecule has 1 saturated carbocycles. The Hall–Kier alpha value is -2.31. The van der Waals surface area contributed by atoms with Gasteiger partial charge in [-0.25, -0.2) is 4.98 Å². The summed E-state index contributed by atoms with van der Waals surface area (Å²) in [6.45, 7) is 3.20. The number of imidazole rings is 1. The van der Waals surface area contributed by atoms with E-state index in [1.807, 2.05) is 0 Å². The Bertz CT molecular complexity index is 1160. The molecule has 1 N–H and O–H groups in total. The first-order chi connectivity index (χ1) is 17.2. The summed E-state index contributed by atoms with van der Waals surface area (Å²) >= 11 is 2.12. The second-order valence-corrected chi connectivity index (χ2v) is 11.7. The predicted octanol–water partition coefficient (Wildman–Crippen LogP) is 5.51. The van der Waals surface area contributed by atoms with Crippen LogP contribution >= 0.6 is 11.8 Å². The third kappa shape index (κ3) is 4.63. The van der Waals surface area contributed by atoms with E-state index in [-0.39, 0.29) is 17.9 Å². The fourth-order valence-electron chi connectivity index (χ4n) is 6.41. The minimum Gasteiger partial charge on any atom is -0.349 e. The second kappa shape index (κ2) is 9.98. The van der Waals surface area contributed by atoms with Gasteiger partial charge < -0.3 is 9.88 Å². The van der Waals surface area contributed by atoms with Gasteiger partial charge in [0.1, 0.15) is 5.82 Å². The van der Waals surface area contributed by atoms with Crippen molar-refractivity contribution < 1.29 is 4.79 Å². The van der Waals surface area contributed by atoms with Crippen LogP contribution in [0.1, 0.15) is 62.0 Å². The Morgan fingerprint density at radius 2 is 1.74 bits per heavy atom. The number of para-hydroxylation sites is 2. The number of piperidine rings is 1. The molecule has 35 heavy (non-hydrogen) atoms. The number of hydrogen-bond acceptors (Lipinski definition) is 4. The molecule has 1 aromatic heterocycles. The molecule has 5 nitrogen and oxygen atoms in total. The highest BCUT2D eigenvalue weighted by molar-refractivity contribution is 7.99. The lowest BCUT2D eigenvalue weighted by molar-refractivity contribution is -0.128. The fraction of sp³-hybridized carbons (Fsp3) is 0.517.